The van der Waals surface area contributed by atoms with Crippen LogP contribution in [0.4, 0.5) is 0 Å². The number of hydrogen-bond acceptors (Lipinski definition) is 5. The molecule has 2 heterocycles. The van der Waals surface area contributed by atoms with Gasteiger partial charge in [-0.25, -0.2) is 0 Å². The number of carboxylic acid groups (broad SMARTS) is 1. The Labute approximate surface area is 108 Å². The number of carboxylic acids is 1. The lowest BCUT2D eigenvalue weighted by atomic mass is 10.0. The molecular weight excluding hydrogens is 234 g/mol. The fraction of sp³-hybridized carbons (Fsp3) is 0.917. The molecule has 0 bridgehead atoms. The van der Waals surface area contributed by atoms with Gasteiger partial charge in [0.05, 0.1) is 6.54 Å². The maximum atomic E-state index is 10.7. The highest BCUT2D eigenvalue weighted by Gasteiger charge is 2.43. The SMILES string of the molecule is CC(C)(C)N1CCN2C(CN(CC(=O)O)C2O)C1. The van der Waals surface area contributed by atoms with Gasteiger partial charge < -0.3 is 10.2 Å². The molecule has 0 saturated carbocycles. The van der Waals surface area contributed by atoms with Crippen LogP contribution in [0.3, 0.4) is 0 Å². The molecule has 2 N–H and O–H groups in total. The van der Waals surface area contributed by atoms with Crippen LogP contribution in [-0.4, -0.2) is 81.5 Å². The van der Waals surface area contributed by atoms with Crippen molar-refractivity contribution in [3.63, 3.8) is 0 Å². The first kappa shape index (κ1) is 13.7. The lowest BCUT2D eigenvalue weighted by Crippen LogP contribution is -2.58. The zero-order chi connectivity index (χ0) is 13.5. The van der Waals surface area contributed by atoms with Crippen LogP contribution < -0.4 is 0 Å². The van der Waals surface area contributed by atoms with Gasteiger partial charge in [0.2, 0.25) is 0 Å². The first-order valence-corrected chi connectivity index (χ1v) is 6.44. The van der Waals surface area contributed by atoms with Crippen molar-refractivity contribution in [3.05, 3.63) is 0 Å². The van der Waals surface area contributed by atoms with Gasteiger partial charge in [0.15, 0.2) is 6.35 Å². The molecule has 0 radical (unpaired) electrons. The Balaban J connectivity index is 2.01. The summed E-state index contributed by atoms with van der Waals surface area (Å²) in [6.07, 6.45) is -0.742. The summed E-state index contributed by atoms with van der Waals surface area (Å²) in [6.45, 7) is 9.67. The molecule has 0 aromatic carbocycles. The van der Waals surface area contributed by atoms with Gasteiger partial charge in [0, 0.05) is 37.8 Å². The van der Waals surface area contributed by atoms with Crippen molar-refractivity contribution >= 4 is 5.97 Å². The number of piperazine rings is 1. The summed E-state index contributed by atoms with van der Waals surface area (Å²) in [6, 6.07) is 0.229. The molecule has 0 aliphatic carbocycles. The maximum Gasteiger partial charge on any atom is 0.317 e. The van der Waals surface area contributed by atoms with Crippen molar-refractivity contribution in [2.75, 3.05) is 32.7 Å². The molecule has 6 nitrogen and oxygen atoms in total. The second-order valence-electron chi connectivity index (χ2n) is 6.18. The molecule has 2 aliphatic heterocycles. The molecular formula is C12H23N3O3. The molecule has 2 atom stereocenters. The predicted molar refractivity (Wildman–Crippen MR) is 67.0 cm³/mol. The summed E-state index contributed by atoms with van der Waals surface area (Å²) >= 11 is 0. The highest BCUT2D eigenvalue weighted by molar-refractivity contribution is 5.69. The van der Waals surface area contributed by atoms with Crippen LogP contribution in [0.25, 0.3) is 0 Å². The monoisotopic (exact) mass is 257 g/mol. The van der Waals surface area contributed by atoms with Crippen molar-refractivity contribution in [1.82, 2.24) is 14.7 Å². The summed E-state index contributed by atoms with van der Waals surface area (Å²) in [4.78, 5) is 16.8. The van der Waals surface area contributed by atoms with E-state index in [1.807, 2.05) is 4.90 Å². The largest absolute Gasteiger partial charge is 0.480 e. The predicted octanol–water partition coefficient (Wildman–Crippen LogP) is -0.553. The van der Waals surface area contributed by atoms with E-state index in [0.29, 0.717) is 6.54 Å². The van der Waals surface area contributed by atoms with Crippen LogP contribution in [0.15, 0.2) is 0 Å². The molecule has 6 heteroatoms. The number of fused-ring (bicyclic) bond motifs is 1. The maximum absolute atomic E-state index is 10.7. The van der Waals surface area contributed by atoms with Crippen molar-refractivity contribution < 1.29 is 15.0 Å². The first-order valence-electron chi connectivity index (χ1n) is 6.44. The Morgan fingerprint density at radius 1 is 1.28 bits per heavy atom. The average molecular weight is 257 g/mol. The van der Waals surface area contributed by atoms with E-state index in [-0.39, 0.29) is 18.1 Å². The Morgan fingerprint density at radius 2 is 1.94 bits per heavy atom. The molecule has 2 saturated heterocycles. The van der Waals surface area contributed by atoms with Gasteiger partial charge in [-0.05, 0) is 20.8 Å². The van der Waals surface area contributed by atoms with Gasteiger partial charge in [-0.1, -0.05) is 0 Å². The molecule has 2 fully saturated rings. The van der Waals surface area contributed by atoms with E-state index in [4.69, 9.17) is 5.11 Å². The normalized spacial score (nSPS) is 31.6. The lowest BCUT2D eigenvalue weighted by Gasteiger charge is -2.44. The summed E-state index contributed by atoms with van der Waals surface area (Å²) in [5.74, 6) is -0.887. The van der Waals surface area contributed by atoms with Crippen LogP contribution >= 0.6 is 0 Å². The molecule has 104 valence electrons. The standard InChI is InChI=1S/C12H23N3O3/c1-12(2,3)14-4-5-15-9(7-14)6-13(11(15)18)8-10(16)17/h9,11,18H,4-8H2,1-3H3,(H,16,17). The highest BCUT2D eigenvalue weighted by atomic mass is 16.4. The fourth-order valence-electron chi connectivity index (χ4n) is 2.84. The first-order chi connectivity index (χ1) is 8.29. The van der Waals surface area contributed by atoms with Crippen LogP contribution in [0.2, 0.25) is 0 Å². The second kappa shape index (κ2) is 4.77. The third-order valence-corrected chi connectivity index (χ3v) is 3.88. The van der Waals surface area contributed by atoms with Crippen LogP contribution in [0, 0.1) is 0 Å². The van der Waals surface area contributed by atoms with E-state index in [1.54, 1.807) is 4.90 Å². The van der Waals surface area contributed by atoms with E-state index < -0.39 is 12.3 Å². The fourth-order valence-corrected chi connectivity index (χ4v) is 2.84. The molecule has 2 rings (SSSR count). The molecule has 0 amide bonds. The van der Waals surface area contributed by atoms with E-state index >= 15 is 0 Å². The number of aliphatic hydroxyl groups excluding tert-OH is 1. The van der Waals surface area contributed by atoms with Crippen molar-refractivity contribution in [2.24, 2.45) is 0 Å². The quantitative estimate of drug-likeness (QED) is 0.692. The van der Waals surface area contributed by atoms with Gasteiger partial charge in [-0.15, -0.1) is 0 Å². The number of aliphatic carboxylic acids is 1. The van der Waals surface area contributed by atoms with E-state index in [0.717, 1.165) is 19.6 Å². The van der Waals surface area contributed by atoms with Crippen molar-refractivity contribution in [1.29, 1.82) is 0 Å². The summed E-state index contributed by atoms with van der Waals surface area (Å²) in [7, 11) is 0. The summed E-state index contributed by atoms with van der Waals surface area (Å²) in [5.41, 5.74) is 0.122. The van der Waals surface area contributed by atoms with Crippen LogP contribution in [0.1, 0.15) is 20.8 Å². The van der Waals surface area contributed by atoms with Gasteiger partial charge in [-0.3, -0.25) is 19.5 Å². The third kappa shape index (κ3) is 2.66. The molecule has 2 aliphatic rings. The van der Waals surface area contributed by atoms with Gasteiger partial charge >= 0.3 is 5.97 Å². The number of rotatable bonds is 2. The van der Waals surface area contributed by atoms with E-state index in [2.05, 4.69) is 25.7 Å². The average Bonchev–Trinajstić information content (AvgIpc) is 2.53. The summed E-state index contributed by atoms with van der Waals surface area (Å²) in [5, 5.41) is 18.9. The Morgan fingerprint density at radius 3 is 2.50 bits per heavy atom. The number of carbonyl (C=O) groups is 1. The zero-order valence-electron chi connectivity index (χ0n) is 11.3. The molecule has 18 heavy (non-hydrogen) atoms. The Kier molecular flexibility index (Phi) is 3.64. The van der Waals surface area contributed by atoms with Gasteiger partial charge in [0.25, 0.3) is 0 Å². The highest BCUT2D eigenvalue weighted by Crippen LogP contribution is 2.26. The van der Waals surface area contributed by atoms with Gasteiger partial charge in [-0.2, -0.15) is 0 Å². The lowest BCUT2D eigenvalue weighted by molar-refractivity contribution is -0.143. The second-order valence-corrected chi connectivity index (χ2v) is 6.18. The zero-order valence-corrected chi connectivity index (χ0v) is 11.3. The number of aliphatic hydroxyl groups is 1. The molecule has 0 spiro atoms. The number of nitrogens with zero attached hydrogens (tertiary/aromatic N) is 3. The minimum absolute atomic E-state index is 0.0936. The van der Waals surface area contributed by atoms with Crippen LogP contribution in [0.5, 0.6) is 0 Å². The van der Waals surface area contributed by atoms with Crippen molar-refractivity contribution in [2.45, 2.75) is 38.7 Å². The minimum atomic E-state index is -0.887. The van der Waals surface area contributed by atoms with Crippen LogP contribution in [-0.2, 0) is 4.79 Å². The summed E-state index contributed by atoms with van der Waals surface area (Å²) < 4.78 is 0. The molecule has 0 aromatic heterocycles. The topological polar surface area (TPSA) is 67.2 Å². The van der Waals surface area contributed by atoms with Gasteiger partial charge in [0.1, 0.15) is 0 Å². The molecule has 2 unspecified atom stereocenters. The Hall–Kier alpha value is -0.690. The van der Waals surface area contributed by atoms with E-state index in [9.17, 15) is 9.90 Å². The minimum Gasteiger partial charge on any atom is -0.480 e. The molecule has 0 aromatic rings. The van der Waals surface area contributed by atoms with Crippen molar-refractivity contribution in [3.8, 4) is 0 Å². The third-order valence-electron chi connectivity index (χ3n) is 3.88. The van der Waals surface area contributed by atoms with E-state index in [1.165, 1.54) is 0 Å². The Bertz CT molecular complexity index is 329. The smallest absolute Gasteiger partial charge is 0.317 e. The number of hydrogen-bond donors (Lipinski definition) is 2.